The van der Waals surface area contributed by atoms with Crippen molar-refractivity contribution in [3.8, 4) is 11.3 Å². The molecule has 1 heterocycles. The lowest BCUT2D eigenvalue weighted by Crippen LogP contribution is -2.34. The van der Waals surface area contributed by atoms with Gasteiger partial charge in [-0.25, -0.2) is 0 Å². The Morgan fingerprint density at radius 2 is 1.77 bits per heavy atom. The molecule has 0 bridgehead atoms. The molecular weight excluding hydrogens is 328 g/mol. The molecule has 2 aromatic carbocycles. The number of aromatic nitrogens is 1. The largest absolute Gasteiger partial charge is 0.469 e. The third-order valence-electron chi connectivity index (χ3n) is 4.39. The zero-order chi connectivity index (χ0) is 18.5. The summed E-state index contributed by atoms with van der Waals surface area (Å²) in [7, 11) is 1.35. The van der Waals surface area contributed by atoms with Crippen LogP contribution in [0.5, 0.6) is 0 Å². The van der Waals surface area contributed by atoms with Crippen molar-refractivity contribution in [2.75, 3.05) is 13.7 Å². The van der Waals surface area contributed by atoms with Gasteiger partial charge < -0.3 is 14.6 Å². The molecule has 1 aromatic heterocycles. The molecule has 1 amide bonds. The molecule has 1 N–H and O–H groups in total. The summed E-state index contributed by atoms with van der Waals surface area (Å²) < 4.78 is 6.69. The predicted octanol–water partition coefficient (Wildman–Crippen LogP) is 3.23. The number of carbonyl (C=O) groups excluding carboxylic acids is 2. The molecule has 0 radical (unpaired) electrons. The molecule has 0 aliphatic carbocycles. The molecule has 5 nitrogen and oxygen atoms in total. The summed E-state index contributed by atoms with van der Waals surface area (Å²) in [5.41, 5.74) is 3.05. The van der Waals surface area contributed by atoms with Crippen molar-refractivity contribution in [3.63, 3.8) is 0 Å². The summed E-state index contributed by atoms with van der Waals surface area (Å²) in [6.45, 7) is 2.17. The lowest BCUT2D eigenvalue weighted by atomic mass is 10.1. The van der Waals surface area contributed by atoms with Crippen molar-refractivity contribution in [1.29, 1.82) is 0 Å². The number of carbonyl (C=O) groups is 2. The Hall–Kier alpha value is -3.08. The van der Waals surface area contributed by atoms with Gasteiger partial charge in [0.1, 0.15) is 6.54 Å². The number of nitrogens with one attached hydrogen (secondary N) is 1. The number of rotatable bonds is 6. The molecule has 0 aliphatic rings. The minimum atomic E-state index is -0.376. The van der Waals surface area contributed by atoms with E-state index in [0.29, 0.717) is 0 Å². The van der Waals surface area contributed by atoms with E-state index < -0.39 is 0 Å². The highest BCUT2D eigenvalue weighted by Crippen LogP contribution is 2.28. The highest BCUT2D eigenvalue weighted by Gasteiger charge is 2.16. The Labute approximate surface area is 152 Å². The summed E-state index contributed by atoms with van der Waals surface area (Å²) in [6, 6.07) is 20.1. The first kappa shape index (κ1) is 17.7. The number of hydrogen-bond donors (Lipinski definition) is 1. The van der Waals surface area contributed by atoms with Gasteiger partial charge in [-0.05, 0) is 17.7 Å². The summed E-state index contributed by atoms with van der Waals surface area (Å²) >= 11 is 0. The molecule has 3 rings (SSSR count). The second kappa shape index (κ2) is 7.87. The molecule has 3 aromatic rings. The van der Waals surface area contributed by atoms with Gasteiger partial charge in [0.15, 0.2) is 0 Å². The number of para-hydroxylation sites is 1. The quantitative estimate of drug-likeness (QED) is 0.694. The standard InChI is InChI=1S/C21H22N2O3/c1-15(21(25)26-2)13-22-20(24)14-23-18-11-7-6-10-17(18)12-19(23)16-8-4-3-5-9-16/h3-12,15H,13-14H2,1-2H3,(H,22,24). The van der Waals surface area contributed by atoms with Crippen LogP contribution in [0.2, 0.25) is 0 Å². The number of nitrogens with zero attached hydrogens (tertiary/aromatic N) is 1. The molecule has 0 aliphatic heterocycles. The maximum absolute atomic E-state index is 12.5. The van der Waals surface area contributed by atoms with Crippen LogP contribution in [0.15, 0.2) is 60.7 Å². The lowest BCUT2D eigenvalue weighted by Gasteiger charge is -2.13. The molecule has 26 heavy (non-hydrogen) atoms. The van der Waals surface area contributed by atoms with Crippen LogP contribution in [0.25, 0.3) is 22.2 Å². The third kappa shape index (κ3) is 3.77. The number of fused-ring (bicyclic) bond motifs is 1. The minimum Gasteiger partial charge on any atom is -0.469 e. The van der Waals surface area contributed by atoms with Crippen LogP contribution < -0.4 is 5.32 Å². The number of methoxy groups -OCH3 is 1. The van der Waals surface area contributed by atoms with E-state index in [1.807, 2.05) is 59.2 Å². The van der Waals surface area contributed by atoms with E-state index in [4.69, 9.17) is 0 Å². The molecule has 0 spiro atoms. The van der Waals surface area contributed by atoms with Crippen molar-refractivity contribution in [1.82, 2.24) is 9.88 Å². The normalized spacial score (nSPS) is 11.9. The van der Waals surface area contributed by atoms with E-state index in [-0.39, 0.29) is 30.9 Å². The van der Waals surface area contributed by atoms with E-state index >= 15 is 0 Å². The number of benzene rings is 2. The highest BCUT2D eigenvalue weighted by atomic mass is 16.5. The fourth-order valence-corrected chi connectivity index (χ4v) is 2.98. The van der Waals surface area contributed by atoms with Gasteiger partial charge in [0.2, 0.25) is 5.91 Å². The van der Waals surface area contributed by atoms with Gasteiger partial charge >= 0.3 is 5.97 Å². The van der Waals surface area contributed by atoms with Gasteiger partial charge in [-0.15, -0.1) is 0 Å². The third-order valence-corrected chi connectivity index (χ3v) is 4.39. The van der Waals surface area contributed by atoms with Crippen LogP contribution in [0.3, 0.4) is 0 Å². The Morgan fingerprint density at radius 3 is 2.50 bits per heavy atom. The first-order chi connectivity index (χ1) is 12.6. The Kier molecular flexibility index (Phi) is 5.37. The highest BCUT2D eigenvalue weighted by molar-refractivity contribution is 5.89. The van der Waals surface area contributed by atoms with Crippen molar-refractivity contribution in [3.05, 3.63) is 60.7 Å². The van der Waals surface area contributed by atoms with Crippen LogP contribution in [-0.4, -0.2) is 30.1 Å². The first-order valence-corrected chi connectivity index (χ1v) is 8.58. The second-order valence-corrected chi connectivity index (χ2v) is 6.27. The number of amides is 1. The Bertz CT molecular complexity index is 915. The maximum atomic E-state index is 12.5. The van der Waals surface area contributed by atoms with Crippen molar-refractivity contribution in [2.45, 2.75) is 13.5 Å². The van der Waals surface area contributed by atoms with Crippen molar-refractivity contribution >= 4 is 22.8 Å². The molecular formula is C21H22N2O3. The summed E-state index contributed by atoms with van der Waals surface area (Å²) in [4.78, 5) is 23.9. The van der Waals surface area contributed by atoms with Gasteiger partial charge in [-0.1, -0.05) is 55.5 Å². The topological polar surface area (TPSA) is 60.3 Å². The smallest absolute Gasteiger partial charge is 0.310 e. The molecule has 5 heteroatoms. The summed E-state index contributed by atoms with van der Waals surface area (Å²) in [5, 5.41) is 3.90. The zero-order valence-corrected chi connectivity index (χ0v) is 14.9. The molecule has 134 valence electrons. The molecule has 0 fully saturated rings. The SMILES string of the molecule is COC(=O)C(C)CNC(=O)Cn1c(-c2ccccc2)cc2ccccc21. The van der Waals surface area contributed by atoms with Gasteiger partial charge in [0.25, 0.3) is 0 Å². The van der Waals surface area contributed by atoms with Crippen LogP contribution >= 0.6 is 0 Å². The van der Waals surface area contributed by atoms with Gasteiger partial charge in [0, 0.05) is 23.1 Å². The molecule has 0 saturated heterocycles. The van der Waals surface area contributed by atoms with Crippen molar-refractivity contribution < 1.29 is 14.3 Å². The number of esters is 1. The fourth-order valence-electron chi connectivity index (χ4n) is 2.98. The van der Waals surface area contributed by atoms with E-state index in [1.165, 1.54) is 7.11 Å². The minimum absolute atomic E-state index is 0.140. The average Bonchev–Trinajstić information content (AvgIpc) is 3.04. The predicted molar refractivity (Wildman–Crippen MR) is 102 cm³/mol. The van der Waals surface area contributed by atoms with Crippen LogP contribution in [-0.2, 0) is 20.9 Å². The van der Waals surface area contributed by atoms with Gasteiger partial charge in [0.05, 0.1) is 13.0 Å². The molecule has 1 unspecified atom stereocenters. The van der Waals surface area contributed by atoms with E-state index in [9.17, 15) is 9.59 Å². The van der Waals surface area contributed by atoms with Crippen molar-refractivity contribution in [2.24, 2.45) is 5.92 Å². The fraction of sp³-hybridized carbons (Fsp3) is 0.238. The zero-order valence-electron chi connectivity index (χ0n) is 14.9. The average molecular weight is 350 g/mol. The number of hydrogen-bond acceptors (Lipinski definition) is 3. The maximum Gasteiger partial charge on any atom is 0.310 e. The lowest BCUT2D eigenvalue weighted by molar-refractivity contribution is -0.144. The van der Waals surface area contributed by atoms with Gasteiger partial charge in [-0.2, -0.15) is 0 Å². The summed E-state index contributed by atoms with van der Waals surface area (Å²) in [5.74, 6) is -0.847. The van der Waals surface area contributed by atoms with Gasteiger partial charge in [-0.3, -0.25) is 9.59 Å². The molecule has 0 saturated carbocycles. The van der Waals surface area contributed by atoms with Crippen LogP contribution in [0, 0.1) is 5.92 Å². The van der Waals surface area contributed by atoms with E-state index in [0.717, 1.165) is 22.2 Å². The van der Waals surface area contributed by atoms with E-state index in [2.05, 4.69) is 16.1 Å². The molecule has 1 atom stereocenters. The monoisotopic (exact) mass is 350 g/mol. The van der Waals surface area contributed by atoms with Crippen LogP contribution in [0.1, 0.15) is 6.92 Å². The summed E-state index contributed by atoms with van der Waals surface area (Å²) in [6.07, 6.45) is 0. The van der Waals surface area contributed by atoms with Crippen LogP contribution in [0.4, 0.5) is 0 Å². The second-order valence-electron chi connectivity index (χ2n) is 6.27. The van der Waals surface area contributed by atoms with E-state index in [1.54, 1.807) is 6.92 Å². The Balaban J connectivity index is 1.85. The Morgan fingerprint density at radius 1 is 1.08 bits per heavy atom. The number of ether oxygens (including phenoxy) is 1. The first-order valence-electron chi connectivity index (χ1n) is 8.58.